The number of phenolic OH excluding ortho intramolecular Hbond substituents is 2. The van der Waals surface area contributed by atoms with Crippen LogP contribution in [0.4, 0.5) is 0 Å². The van der Waals surface area contributed by atoms with Crippen molar-refractivity contribution in [3.63, 3.8) is 0 Å². The highest BCUT2D eigenvalue weighted by Crippen LogP contribution is 2.48. The number of carbonyl (C=O) groups is 1. The molecule has 33 heavy (non-hydrogen) atoms. The number of aliphatic hydroxyl groups excluding tert-OH is 4. The fourth-order valence-corrected chi connectivity index (χ4v) is 4.17. The first-order valence-electron chi connectivity index (χ1n) is 10.5. The second kappa shape index (κ2) is 8.81. The van der Waals surface area contributed by atoms with Crippen molar-refractivity contribution >= 4 is 5.78 Å². The van der Waals surface area contributed by atoms with E-state index in [4.69, 9.17) is 14.2 Å². The Morgan fingerprint density at radius 3 is 2.30 bits per heavy atom. The van der Waals surface area contributed by atoms with Crippen LogP contribution in [0.2, 0.25) is 0 Å². The van der Waals surface area contributed by atoms with Crippen LogP contribution in [0.5, 0.6) is 23.0 Å². The van der Waals surface area contributed by atoms with Crippen LogP contribution in [0.1, 0.15) is 39.6 Å². The van der Waals surface area contributed by atoms with Gasteiger partial charge < -0.3 is 44.8 Å². The Balaban J connectivity index is 1.70. The monoisotopic (exact) mass is 462 g/mol. The van der Waals surface area contributed by atoms with Crippen molar-refractivity contribution < 1.29 is 49.6 Å². The minimum absolute atomic E-state index is 0.0150. The van der Waals surface area contributed by atoms with E-state index in [1.807, 2.05) is 0 Å². The Kier molecular flexibility index (Phi) is 6.21. The average Bonchev–Trinajstić information content (AvgIpc) is 2.80. The summed E-state index contributed by atoms with van der Waals surface area (Å²) in [7, 11) is 0. The Morgan fingerprint density at radius 2 is 1.67 bits per heavy atom. The van der Waals surface area contributed by atoms with Crippen molar-refractivity contribution in [2.75, 3.05) is 6.61 Å². The molecule has 178 valence electrons. The number of aromatic hydroxyl groups is 2. The number of hydrogen-bond acceptors (Lipinski definition) is 10. The number of aliphatic hydroxyl groups is 4. The van der Waals surface area contributed by atoms with Crippen LogP contribution >= 0.6 is 0 Å². The molecule has 2 aromatic rings. The number of ketones is 1. The van der Waals surface area contributed by atoms with E-state index >= 15 is 0 Å². The minimum atomic E-state index is -1.65. The van der Waals surface area contributed by atoms with Gasteiger partial charge in [0.15, 0.2) is 5.78 Å². The van der Waals surface area contributed by atoms with Gasteiger partial charge in [0.2, 0.25) is 6.29 Å². The topological polar surface area (TPSA) is 166 Å². The number of hydrogen-bond donors (Lipinski definition) is 6. The van der Waals surface area contributed by atoms with Crippen molar-refractivity contribution in [1.82, 2.24) is 0 Å². The molecule has 0 bridgehead atoms. The molecule has 0 aliphatic carbocycles. The molecule has 0 aromatic heterocycles. The van der Waals surface area contributed by atoms with E-state index in [1.54, 1.807) is 19.1 Å². The van der Waals surface area contributed by atoms with E-state index < -0.39 is 43.4 Å². The van der Waals surface area contributed by atoms with Gasteiger partial charge in [0.1, 0.15) is 59.1 Å². The van der Waals surface area contributed by atoms with E-state index in [1.165, 1.54) is 19.1 Å². The molecule has 0 saturated carbocycles. The quantitative estimate of drug-likeness (QED) is 0.379. The van der Waals surface area contributed by atoms with Gasteiger partial charge in [-0.05, 0) is 31.5 Å². The molecule has 4 rings (SSSR count). The molecule has 2 aliphatic rings. The number of carbonyl (C=O) groups excluding carboxylic acids is 1. The third-order valence-corrected chi connectivity index (χ3v) is 6.10. The van der Waals surface area contributed by atoms with E-state index in [0.29, 0.717) is 11.1 Å². The fraction of sp³-hybridized carbons (Fsp3) is 0.435. The average molecular weight is 462 g/mol. The number of fused-ring (bicyclic) bond motifs is 1. The highest BCUT2D eigenvalue weighted by Gasteiger charge is 2.45. The van der Waals surface area contributed by atoms with Crippen LogP contribution in [0.15, 0.2) is 24.3 Å². The first-order valence-corrected chi connectivity index (χ1v) is 10.5. The maximum atomic E-state index is 12.9. The minimum Gasteiger partial charge on any atom is -0.508 e. The molecule has 6 atom stereocenters. The summed E-state index contributed by atoms with van der Waals surface area (Å²) in [5, 5.41) is 60.0. The summed E-state index contributed by atoms with van der Waals surface area (Å²) in [6.45, 7) is 2.50. The Labute approximate surface area is 189 Å². The summed E-state index contributed by atoms with van der Waals surface area (Å²) < 4.78 is 17.2. The summed E-state index contributed by atoms with van der Waals surface area (Å²) in [6.07, 6.45) is -8.14. The predicted molar refractivity (Wildman–Crippen MR) is 112 cm³/mol. The lowest BCUT2D eigenvalue weighted by atomic mass is 9.91. The Morgan fingerprint density at radius 1 is 1.00 bits per heavy atom. The number of benzene rings is 2. The largest absolute Gasteiger partial charge is 0.508 e. The molecule has 0 spiro atoms. The van der Waals surface area contributed by atoms with Gasteiger partial charge in [-0.1, -0.05) is 12.1 Å². The maximum absolute atomic E-state index is 12.9. The van der Waals surface area contributed by atoms with E-state index in [-0.39, 0.29) is 46.3 Å². The van der Waals surface area contributed by atoms with Crippen LogP contribution in [0, 0.1) is 13.8 Å². The smallest absolute Gasteiger partial charge is 0.229 e. The predicted octanol–water partition coefficient (Wildman–Crippen LogP) is 0.600. The molecule has 1 fully saturated rings. The van der Waals surface area contributed by atoms with E-state index in [9.17, 15) is 35.4 Å². The molecule has 6 N–H and O–H groups in total. The zero-order valence-corrected chi connectivity index (χ0v) is 18.0. The van der Waals surface area contributed by atoms with Gasteiger partial charge in [-0.3, -0.25) is 4.79 Å². The molecular weight excluding hydrogens is 436 g/mol. The number of ether oxygens (including phenoxy) is 3. The molecule has 2 aliphatic heterocycles. The highest BCUT2D eigenvalue weighted by molar-refractivity contribution is 6.03. The van der Waals surface area contributed by atoms with Crippen LogP contribution in [-0.2, 0) is 4.74 Å². The van der Waals surface area contributed by atoms with Crippen LogP contribution < -0.4 is 9.47 Å². The van der Waals surface area contributed by atoms with Gasteiger partial charge in [0.05, 0.1) is 13.0 Å². The molecule has 0 radical (unpaired) electrons. The highest BCUT2D eigenvalue weighted by atomic mass is 16.7. The van der Waals surface area contributed by atoms with Gasteiger partial charge in [0.25, 0.3) is 0 Å². The summed E-state index contributed by atoms with van der Waals surface area (Å²) in [6, 6.07) is 6.22. The second-order valence-electron chi connectivity index (χ2n) is 8.27. The van der Waals surface area contributed by atoms with Gasteiger partial charge in [-0.2, -0.15) is 0 Å². The van der Waals surface area contributed by atoms with Crippen molar-refractivity contribution in [3.8, 4) is 23.0 Å². The molecule has 2 heterocycles. The van der Waals surface area contributed by atoms with Crippen molar-refractivity contribution in [3.05, 3.63) is 46.5 Å². The van der Waals surface area contributed by atoms with Crippen LogP contribution in [-0.4, -0.2) is 73.7 Å². The Hall–Kier alpha value is -2.89. The standard InChI is InChI=1S/C23H26O10/c1-9-17(27)16-13(26)7-14(11-3-5-12(25)6-4-11)31-22(16)10(2)21(9)33-23-20(30)19(29)18(28)15(8-24)32-23/h3-6,14-15,18-20,23-25,27-30H,7-8H2,1-2H3/t14-,15-,18-,19+,20-,23+/m1/s1. The molecule has 2 aromatic carbocycles. The van der Waals surface area contributed by atoms with Crippen LogP contribution in [0.3, 0.4) is 0 Å². The zero-order chi connectivity index (χ0) is 24.0. The summed E-state index contributed by atoms with van der Waals surface area (Å²) in [4.78, 5) is 12.9. The summed E-state index contributed by atoms with van der Waals surface area (Å²) >= 11 is 0. The maximum Gasteiger partial charge on any atom is 0.229 e. The first-order chi connectivity index (χ1) is 15.6. The molecular formula is C23H26O10. The number of Topliss-reactive ketones (excluding diaryl/α,β-unsaturated/α-hetero) is 1. The molecule has 10 heteroatoms. The number of rotatable bonds is 4. The molecule has 10 nitrogen and oxygen atoms in total. The van der Waals surface area contributed by atoms with E-state index in [2.05, 4.69) is 0 Å². The lowest BCUT2D eigenvalue weighted by molar-refractivity contribution is -0.277. The van der Waals surface area contributed by atoms with E-state index in [0.717, 1.165) is 0 Å². The van der Waals surface area contributed by atoms with Crippen molar-refractivity contribution in [2.24, 2.45) is 0 Å². The van der Waals surface area contributed by atoms with Crippen molar-refractivity contribution in [2.45, 2.75) is 57.1 Å². The van der Waals surface area contributed by atoms with Crippen LogP contribution in [0.25, 0.3) is 0 Å². The molecule has 0 amide bonds. The lowest BCUT2D eigenvalue weighted by Gasteiger charge is -2.40. The molecule has 0 unspecified atom stereocenters. The van der Waals surface area contributed by atoms with Gasteiger partial charge in [0, 0.05) is 11.1 Å². The van der Waals surface area contributed by atoms with Gasteiger partial charge >= 0.3 is 0 Å². The fourth-order valence-electron chi connectivity index (χ4n) is 4.17. The SMILES string of the molecule is Cc1c(O)c2c(c(C)c1O[C@@H]1O[C@H](CO)[C@@H](O)[C@H](O)[C@H]1O)O[C@@H](c1ccc(O)cc1)CC2=O. The Bertz CT molecular complexity index is 1050. The van der Waals surface area contributed by atoms with Crippen molar-refractivity contribution in [1.29, 1.82) is 0 Å². The first kappa shape index (κ1) is 23.3. The summed E-state index contributed by atoms with van der Waals surface area (Å²) in [5.74, 6) is -0.440. The lowest BCUT2D eigenvalue weighted by Crippen LogP contribution is -2.60. The normalized spacial score (nSPS) is 29.3. The third-order valence-electron chi connectivity index (χ3n) is 6.10. The second-order valence-corrected chi connectivity index (χ2v) is 8.27. The zero-order valence-electron chi connectivity index (χ0n) is 18.0. The molecule has 1 saturated heterocycles. The third kappa shape index (κ3) is 4.00. The van der Waals surface area contributed by atoms with Gasteiger partial charge in [-0.15, -0.1) is 0 Å². The van der Waals surface area contributed by atoms with Gasteiger partial charge in [-0.25, -0.2) is 0 Å². The summed E-state index contributed by atoms with van der Waals surface area (Å²) in [5.41, 5.74) is 1.22. The number of phenols is 2.